The molecule has 1 atom stereocenters. The third kappa shape index (κ3) is 4.95. The summed E-state index contributed by atoms with van der Waals surface area (Å²) < 4.78 is 5.44. The molecular formula is C19H28N4O2. The number of rotatable bonds is 3. The standard InChI is InChI=1S/C19H28N4O2/c1-19(2,3)25-18(24)23-10-8-14(9-11-23)12-20-17-21-13-15-6-4-5-7-16(15)22-17/h4-7,13-14,17,20,22H,8-12H2,1-3H3. The van der Waals surface area contributed by atoms with Gasteiger partial charge in [0.15, 0.2) is 6.29 Å². The van der Waals surface area contributed by atoms with Crippen LogP contribution in [0, 0.1) is 5.92 Å². The highest BCUT2D eigenvalue weighted by atomic mass is 16.6. The van der Waals surface area contributed by atoms with E-state index in [0.29, 0.717) is 5.92 Å². The van der Waals surface area contributed by atoms with Crippen LogP contribution < -0.4 is 10.6 Å². The number of para-hydroxylation sites is 1. The Labute approximate surface area is 149 Å². The zero-order valence-electron chi connectivity index (χ0n) is 15.3. The molecule has 2 aliphatic heterocycles. The predicted octanol–water partition coefficient (Wildman–Crippen LogP) is 3.05. The zero-order chi connectivity index (χ0) is 17.9. The van der Waals surface area contributed by atoms with Gasteiger partial charge in [-0.25, -0.2) is 4.79 Å². The molecule has 1 aromatic carbocycles. The number of hydrogen-bond acceptors (Lipinski definition) is 5. The van der Waals surface area contributed by atoms with Crippen LogP contribution in [0.3, 0.4) is 0 Å². The number of anilines is 1. The van der Waals surface area contributed by atoms with E-state index < -0.39 is 5.60 Å². The molecule has 1 saturated heterocycles. The van der Waals surface area contributed by atoms with Crippen LogP contribution in [-0.4, -0.2) is 48.7 Å². The van der Waals surface area contributed by atoms with Gasteiger partial charge in [-0.1, -0.05) is 18.2 Å². The van der Waals surface area contributed by atoms with E-state index in [2.05, 4.69) is 27.8 Å². The number of amides is 1. The van der Waals surface area contributed by atoms with Crippen LogP contribution in [0.2, 0.25) is 0 Å². The molecule has 2 heterocycles. The second-order valence-corrected chi connectivity index (χ2v) is 7.73. The molecule has 25 heavy (non-hydrogen) atoms. The van der Waals surface area contributed by atoms with Crippen molar-refractivity contribution < 1.29 is 9.53 Å². The Kier molecular flexibility index (Phi) is 5.27. The summed E-state index contributed by atoms with van der Waals surface area (Å²) in [4.78, 5) is 18.4. The molecule has 1 fully saturated rings. The van der Waals surface area contributed by atoms with E-state index in [-0.39, 0.29) is 12.4 Å². The van der Waals surface area contributed by atoms with Crippen molar-refractivity contribution in [3.05, 3.63) is 29.8 Å². The second-order valence-electron chi connectivity index (χ2n) is 7.73. The summed E-state index contributed by atoms with van der Waals surface area (Å²) >= 11 is 0. The van der Waals surface area contributed by atoms with E-state index in [9.17, 15) is 4.79 Å². The first-order chi connectivity index (χ1) is 11.9. The van der Waals surface area contributed by atoms with Crippen molar-refractivity contribution in [1.82, 2.24) is 10.2 Å². The smallest absolute Gasteiger partial charge is 0.410 e. The van der Waals surface area contributed by atoms with Crippen LogP contribution in [0.25, 0.3) is 0 Å². The summed E-state index contributed by atoms with van der Waals surface area (Å²) in [6, 6.07) is 8.15. The molecule has 6 nitrogen and oxygen atoms in total. The minimum atomic E-state index is -0.434. The highest BCUT2D eigenvalue weighted by Crippen LogP contribution is 2.21. The van der Waals surface area contributed by atoms with Crippen molar-refractivity contribution in [2.75, 3.05) is 25.0 Å². The third-order valence-corrected chi connectivity index (χ3v) is 4.48. The van der Waals surface area contributed by atoms with Gasteiger partial charge in [0.05, 0.1) is 0 Å². The molecule has 3 rings (SSSR count). The van der Waals surface area contributed by atoms with Gasteiger partial charge in [0.1, 0.15) is 5.60 Å². The first-order valence-corrected chi connectivity index (χ1v) is 9.01. The fourth-order valence-electron chi connectivity index (χ4n) is 3.11. The van der Waals surface area contributed by atoms with Crippen molar-refractivity contribution in [3.63, 3.8) is 0 Å². The Balaban J connectivity index is 1.41. The Morgan fingerprint density at radius 2 is 2.04 bits per heavy atom. The summed E-state index contributed by atoms with van der Waals surface area (Å²) in [6.07, 6.45) is 3.60. The minimum Gasteiger partial charge on any atom is -0.444 e. The SMILES string of the molecule is CC(C)(C)OC(=O)N1CCC(CNC2N=Cc3ccccc3N2)CC1. The van der Waals surface area contributed by atoms with Crippen LogP contribution in [0.15, 0.2) is 29.3 Å². The lowest BCUT2D eigenvalue weighted by Gasteiger charge is -2.34. The number of benzene rings is 1. The Morgan fingerprint density at radius 3 is 2.76 bits per heavy atom. The highest BCUT2D eigenvalue weighted by Gasteiger charge is 2.27. The predicted molar refractivity (Wildman–Crippen MR) is 100.0 cm³/mol. The van der Waals surface area contributed by atoms with Crippen molar-refractivity contribution in [3.8, 4) is 0 Å². The molecule has 2 N–H and O–H groups in total. The maximum absolute atomic E-state index is 12.1. The zero-order valence-corrected chi connectivity index (χ0v) is 15.3. The fourth-order valence-corrected chi connectivity index (χ4v) is 3.11. The molecular weight excluding hydrogens is 316 g/mol. The summed E-state index contributed by atoms with van der Waals surface area (Å²) in [7, 11) is 0. The molecule has 0 saturated carbocycles. The molecule has 0 spiro atoms. The Hall–Kier alpha value is -2.08. The van der Waals surface area contributed by atoms with E-state index in [1.54, 1.807) is 0 Å². The van der Waals surface area contributed by atoms with Gasteiger partial charge in [-0.2, -0.15) is 0 Å². The maximum Gasteiger partial charge on any atom is 0.410 e. The minimum absolute atomic E-state index is 0.0845. The van der Waals surface area contributed by atoms with Gasteiger partial charge in [-0.3, -0.25) is 10.3 Å². The number of fused-ring (bicyclic) bond motifs is 1. The van der Waals surface area contributed by atoms with E-state index in [4.69, 9.17) is 4.74 Å². The molecule has 1 amide bonds. The van der Waals surface area contributed by atoms with Crippen molar-refractivity contribution >= 4 is 18.0 Å². The summed E-state index contributed by atoms with van der Waals surface area (Å²) in [5.41, 5.74) is 1.79. The first kappa shape index (κ1) is 17.7. The van der Waals surface area contributed by atoms with E-state index in [1.807, 2.05) is 44.0 Å². The number of aliphatic imine (C=N–C) groups is 1. The summed E-state index contributed by atoms with van der Waals surface area (Å²) in [5.74, 6) is 0.549. The van der Waals surface area contributed by atoms with Gasteiger partial charge in [-0.15, -0.1) is 0 Å². The lowest BCUT2D eigenvalue weighted by molar-refractivity contribution is 0.0183. The number of ether oxygens (including phenoxy) is 1. The topological polar surface area (TPSA) is 66.0 Å². The van der Waals surface area contributed by atoms with E-state index >= 15 is 0 Å². The average Bonchev–Trinajstić information content (AvgIpc) is 2.59. The van der Waals surface area contributed by atoms with Crippen molar-refractivity contribution in [1.29, 1.82) is 0 Å². The number of nitrogens with zero attached hydrogens (tertiary/aromatic N) is 2. The van der Waals surface area contributed by atoms with E-state index in [0.717, 1.165) is 43.7 Å². The Bertz CT molecular complexity index is 631. The number of piperidine rings is 1. The largest absolute Gasteiger partial charge is 0.444 e. The molecule has 0 aromatic heterocycles. The van der Waals surface area contributed by atoms with Crippen LogP contribution >= 0.6 is 0 Å². The van der Waals surface area contributed by atoms with Crippen molar-refractivity contribution in [2.24, 2.45) is 10.9 Å². The summed E-state index contributed by atoms with van der Waals surface area (Å²) in [6.45, 7) is 8.10. The molecule has 0 radical (unpaired) electrons. The normalized spacial score (nSPS) is 20.8. The summed E-state index contributed by atoms with van der Waals surface area (Å²) in [5, 5.41) is 6.87. The van der Waals surface area contributed by atoms with Crippen LogP contribution in [0.1, 0.15) is 39.2 Å². The van der Waals surface area contributed by atoms with Gasteiger partial charge >= 0.3 is 6.09 Å². The molecule has 1 aromatic rings. The molecule has 136 valence electrons. The Morgan fingerprint density at radius 1 is 1.32 bits per heavy atom. The quantitative estimate of drug-likeness (QED) is 0.884. The van der Waals surface area contributed by atoms with Gasteiger partial charge < -0.3 is 15.0 Å². The number of likely N-dealkylation sites (tertiary alicyclic amines) is 1. The number of nitrogens with one attached hydrogen (secondary N) is 2. The molecule has 0 aliphatic carbocycles. The number of hydrogen-bond donors (Lipinski definition) is 2. The number of carbonyl (C=O) groups is 1. The third-order valence-electron chi connectivity index (χ3n) is 4.48. The van der Waals surface area contributed by atoms with Crippen LogP contribution in [-0.2, 0) is 4.74 Å². The van der Waals surface area contributed by atoms with Crippen LogP contribution in [0.5, 0.6) is 0 Å². The molecule has 6 heteroatoms. The second kappa shape index (κ2) is 7.44. The van der Waals surface area contributed by atoms with Gasteiger partial charge in [-0.05, 0) is 45.6 Å². The van der Waals surface area contributed by atoms with E-state index in [1.165, 1.54) is 0 Å². The van der Waals surface area contributed by atoms with Gasteiger partial charge in [0, 0.05) is 37.1 Å². The van der Waals surface area contributed by atoms with Gasteiger partial charge in [0.2, 0.25) is 0 Å². The molecule has 2 aliphatic rings. The lowest BCUT2D eigenvalue weighted by atomic mass is 9.97. The molecule has 0 bridgehead atoms. The van der Waals surface area contributed by atoms with Crippen LogP contribution in [0.4, 0.5) is 10.5 Å². The molecule has 1 unspecified atom stereocenters. The number of carbonyl (C=O) groups excluding carboxylic acids is 1. The van der Waals surface area contributed by atoms with Gasteiger partial charge in [0.25, 0.3) is 0 Å². The first-order valence-electron chi connectivity index (χ1n) is 9.01. The maximum atomic E-state index is 12.1. The monoisotopic (exact) mass is 344 g/mol. The highest BCUT2D eigenvalue weighted by molar-refractivity contribution is 5.89. The average molecular weight is 344 g/mol. The lowest BCUT2D eigenvalue weighted by Crippen LogP contribution is -2.45. The fraction of sp³-hybridized carbons (Fsp3) is 0.579. The van der Waals surface area contributed by atoms with Crippen molar-refractivity contribution in [2.45, 2.75) is 45.5 Å².